The van der Waals surface area contributed by atoms with Crippen molar-refractivity contribution in [3.63, 3.8) is 0 Å². The molecule has 3 aliphatic carbocycles. The summed E-state index contributed by atoms with van der Waals surface area (Å²) in [5.74, 6) is 0. The highest BCUT2D eigenvalue weighted by molar-refractivity contribution is 6.06. The fraction of sp³-hybridized carbons (Fsp3) is 0.237. The van der Waals surface area contributed by atoms with Crippen molar-refractivity contribution in [2.45, 2.75) is 57.8 Å². The van der Waals surface area contributed by atoms with Gasteiger partial charge >= 0.3 is 0 Å². The Morgan fingerprint density at radius 3 is 1.56 bits per heavy atom. The summed E-state index contributed by atoms with van der Waals surface area (Å²) in [6.45, 7) is 14.2. The number of rotatable bonds is 0. The van der Waals surface area contributed by atoms with Crippen LogP contribution in [0.15, 0.2) is 78.9 Å². The van der Waals surface area contributed by atoms with Gasteiger partial charge in [0, 0.05) is 21.6 Å². The Kier molecular flexibility index (Phi) is 4.02. The number of hydrogen-bond donors (Lipinski definition) is 0. The Hall–Kier alpha value is -4.15. The zero-order valence-electron chi connectivity index (χ0n) is 23.5. The van der Waals surface area contributed by atoms with E-state index in [1.165, 1.54) is 72.1 Å². The maximum absolute atomic E-state index is 10.0. The molecule has 0 heterocycles. The molecule has 0 radical (unpaired) electrons. The van der Waals surface area contributed by atoms with Crippen LogP contribution in [0.1, 0.15) is 80.5 Å². The molecule has 0 spiro atoms. The van der Waals surface area contributed by atoms with Gasteiger partial charge in [0.1, 0.15) is 0 Å². The van der Waals surface area contributed by atoms with E-state index in [4.69, 9.17) is 0 Å². The first-order valence-corrected chi connectivity index (χ1v) is 14.0. The van der Waals surface area contributed by atoms with Crippen LogP contribution in [0.25, 0.3) is 44.2 Å². The Balaban J connectivity index is 1.42. The zero-order chi connectivity index (χ0) is 27.1. The maximum Gasteiger partial charge on any atom is 0.0998 e. The predicted molar refractivity (Wildman–Crippen MR) is 161 cm³/mol. The summed E-state index contributed by atoms with van der Waals surface area (Å²) >= 11 is 0. The molecule has 1 nitrogen and oxygen atoms in total. The summed E-state index contributed by atoms with van der Waals surface area (Å²) in [5, 5.41) is 12.2. The lowest BCUT2D eigenvalue weighted by molar-refractivity contribution is 0.649. The molecule has 0 fully saturated rings. The van der Waals surface area contributed by atoms with E-state index in [0.717, 1.165) is 10.9 Å². The van der Waals surface area contributed by atoms with Crippen molar-refractivity contribution in [3.05, 3.63) is 118 Å². The van der Waals surface area contributed by atoms with Gasteiger partial charge in [-0.3, -0.25) is 0 Å². The van der Waals surface area contributed by atoms with Crippen LogP contribution in [0.3, 0.4) is 0 Å². The highest BCUT2D eigenvalue weighted by Crippen LogP contribution is 2.60. The fourth-order valence-corrected chi connectivity index (χ4v) is 8.09. The molecule has 0 saturated carbocycles. The van der Waals surface area contributed by atoms with E-state index in [2.05, 4.69) is 120 Å². The highest BCUT2D eigenvalue weighted by Gasteiger charge is 2.44. The molecule has 0 N–H and O–H groups in total. The molecule has 0 bridgehead atoms. The molecular formula is C38H31N. The van der Waals surface area contributed by atoms with Gasteiger partial charge in [-0.1, -0.05) is 90.1 Å². The van der Waals surface area contributed by atoms with Gasteiger partial charge in [0.15, 0.2) is 0 Å². The van der Waals surface area contributed by atoms with Gasteiger partial charge < -0.3 is 0 Å². The molecule has 8 rings (SSSR count). The van der Waals surface area contributed by atoms with Crippen molar-refractivity contribution in [2.24, 2.45) is 0 Å². The fourth-order valence-electron chi connectivity index (χ4n) is 8.09. The van der Waals surface area contributed by atoms with Crippen LogP contribution in [0.2, 0.25) is 0 Å². The first kappa shape index (κ1) is 22.8. The number of benzene rings is 5. The van der Waals surface area contributed by atoms with Crippen LogP contribution in [-0.2, 0) is 16.2 Å². The van der Waals surface area contributed by atoms with Gasteiger partial charge in [0.2, 0.25) is 0 Å². The van der Waals surface area contributed by atoms with Gasteiger partial charge in [-0.25, -0.2) is 0 Å². The van der Waals surface area contributed by atoms with Crippen molar-refractivity contribution in [1.29, 1.82) is 5.26 Å². The Morgan fingerprint density at radius 2 is 0.923 bits per heavy atom. The van der Waals surface area contributed by atoms with E-state index in [9.17, 15) is 5.26 Å². The maximum atomic E-state index is 10.0. The molecule has 0 unspecified atom stereocenters. The van der Waals surface area contributed by atoms with E-state index in [0.29, 0.717) is 0 Å². The van der Waals surface area contributed by atoms with E-state index in [-0.39, 0.29) is 16.2 Å². The van der Waals surface area contributed by atoms with Crippen LogP contribution >= 0.6 is 0 Å². The molecule has 188 valence electrons. The number of fused-ring (bicyclic) bond motifs is 11. The van der Waals surface area contributed by atoms with Gasteiger partial charge in [-0.15, -0.1) is 0 Å². The van der Waals surface area contributed by atoms with Crippen molar-refractivity contribution in [3.8, 4) is 39.4 Å². The summed E-state index contributed by atoms with van der Waals surface area (Å²) in [7, 11) is 0. The van der Waals surface area contributed by atoms with E-state index in [1.807, 2.05) is 6.07 Å². The Morgan fingerprint density at radius 1 is 0.462 bits per heavy atom. The van der Waals surface area contributed by atoms with Gasteiger partial charge in [-0.2, -0.15) is 5.26 Å². The van der Waals surface area contributed by atoms with Crippen LogP contribution in [0.5, 0.6) is 0 Å². The molecule has 39 heavy (non-hydrogen) atoms. The summed E-state index contributed by atoms with van der Waals surface area (Å²) in [4.78, 5) is 0. The molecule has 0 amide bonds. The third-order valence-electron chi connectivity index (χ3n) is 10.3. The third-order valence-corrected chi connectivity index (χ3v) is 10.3. The molecule has 0 aromatic heterocycles. The topological polar surface area (TPSA) is 23.8 Å². The highest BCUT2D eigenvalue weighted by atomic mass is 14.5. The quantitative estimate of drug-likeness (QED) is 0.207. The minimum atomic E-state index is -0.186. The van der Waals surface area contributed by atoms with Gasteiger partial charge in [0.25, 0.3) is 0 Å². The molecule has 1 heteroatoms. The smallest absolute Gasteiger partial charge is 0.0998 e. The van der Waals surface area contributed by atoms with Gasteiger partial charge in [0.05, 0.1) is 11.6 Å². The van der Waals surface area contributed by atoms with Crippen molar-refractivity contribution < 1.29 is 0 Å². The lowest BCUT2D eigenvalue weighted by Gasteiger charge is -2.24. The number of nitriles is 1. The van der Waals surface area contributed by atoms with E-state index in [1.54, 1.807) is 0 Å². The second-order valence-corrected chi connectivity index (χ2v) is 13.3. The van der Waals surface area contributed by atoms with Crippen LogP contribution < -0.4 is 0 Å². The molecule has 0 saturated heterocycles. The first-order chi connectivity index (χ1) is 18.6. The molecule has 5 aromatic carbocycles. The second-order valence-electron chi connectivity index (χ2n) is 13.3. The van der Waals surface area contributed by atoms with Crippen LogP contribution in [0, 0.1) is 11.3 Å². The SMILES string of the molecule is CC1(C)c2ccccc2-c2cc3c(cc21)-c1cc2c(cc1C3(C)C)-c1c(cc(C#N)c3ccccc13)C2(C)C. The summed E-state index contributed by atoms with van der Waals surface area (Å²) in [6.07, 6.45) is 0. The largest absolute Gasteiger partial charge is 0.192 e. The number of hydrogen-bond acceptors (Lipinski definition) is 1. The standard InChI is InChI=1S/C38H31N/c1-36(2)29-14-10-9-12-23(29)25-16-31-26(17-30(25)36)27-18-33-28(19-32(27)37(31,3)4)35-24-13-8-7-11-22(24)21(20-39)15-34(35)38(33,5)6/h7-19H,1-6H3. The zero-order valence-corrected chi connectivity index (χ0v) is 23.5. The molecule has 0 atom stereocenters. The lowest BCUT2D eigenvalue weighted by Crippen LogP contribution is -2.17. The summed E-state index contributed by atoms with van der Waals surface area (Å²) in [5.41, 5.74) is 16.9. The monoisotopic (exact) mass is 501 g/mol. The Labute approximate surface area is 230 Å². The number of nitrogens with zero attached hydrogens (tertiary/aromatic N) is 1. The average molecular weight is 502 g/mol. The summed E-state index contributed by atoms with van der Waals surface area (Å²) in [6, 6.07) is 31.9. The molecule has 5 aromatic rings. The lowest BCUT2D eigenvalue weighted by atomic mass is 9.78. The predicted octanol–water partition coefficient (Wildman–Crippen LogP) is 9.63. The Bertz CT molecular complexity index is 1990. The average Bonchev–Trinajstić information content (AvgIpc) is 3.40. The van der Waals surface area contributed by atoms with Crippen LogP contribution in [-0.4, -0.2) is 0 Å². The summed E-state index contributed by atoms with van der Waals surface area (Å²) < 4.78 is 0. The first-order valence-electron chi connectivity index (χ1n) is 14.0. The molecule has 0 aliphatic heterocycles. The van der Waals surface area contributed by atoms with Gasteiger partial charge in [-0.05, 0) is 102 Å². The van der Waals surface area contributed by atoms with E-state index < -0.39 is 0 Å². The molecule has 3 aliphatic rings. The normalized spacial score (nSPS) is 17.6. The second kappa shape index (κ2) is 6.88. The third kappa shape index (κ3) is 2.56. The van der Waals surface area contributed by atoms with Crippen LogP contribution in [0.4, 0.5) is 0 Å². The minimum absolute atomic E-state index is 0.0211. The van der Waals surface area contributed by atoms with Crippen molar-refractivity contribution >= 4 is 10.8 Å². The van der Waals surface area contributed by atoms with Crippen molar-refractivity contribution in [2.75, 3.05) is 0 Å². The van der Waals surface area contributed by atoms with E-state index >= 15 is 0 Å². The minimum Gasteiger partial charge on any atom is -0.192 e. The van der Waals surface area contributed by atoms with Crippen molar-refractivity contribution in [1.82, 2.24) is 0 Å². The molecular weight excluding hydrogens is 470 g/mol.